The number of anilines is 1. The third-order valence-electron chi connectivity index (χ3n) is 2.30. The summed E-state index contributed by atoms with van der Waals surface area (Å²) < 4.78 is 40.5. The Labute approximate surface area is 105 Å². The molecule has 1 atom stereocenters. The summed E-state index contributed by atoms with van der Waals surface area (Å²) in [5, 5.41) is 4.01. The van der Waals surface area contributed by atoms with Crippen molar-refractivity contribution in [3.05, 3.63) is 41.7 Å². The molecule has 0 aliphatic carbocycles. The summed E-state index contributed by atoms with van der Waals surface area (Å²) >= 11 is 0. The fraction of sp³-hybridized carbons (Fsp3) is 0.182. The van der Waals surface area contributed by atoms with Gasteiger partial charge in [0.25, 0.3) is 0 Å². The molecule has 0 bridgehead atoms. The van der Waals surface area contributed by atoms with Gasteiger partial charge in [-0.2, -0.15) is 5.10 Å². The van der Waals surface area contributed by atoms with Crippen LogP contribution in [0.15, 0.2) is 29.3 Å². The van der Waals surface area contributed by atoms with Gasteiger partial charge >= 0.3 is 0 Å². The number of nitrogen functional groups attached to an aromatic ring is 1. The maximum absolute atomic E-state index is 13.5. The number of benzene rings is 1. The van der Waals surface area contributed by atoms with Crippen LogP contribution in [0.2, 0.25) is 0 Å². The van der Waals surface area contributed by atoms with E-state index in [4.69, 9.17) is 5.73 Å². The number of aromatic nitrogens is 2. The Hall–Kier alpha value is -1.76. The van der Waals surface area contributed by atoms with Crippen LogP contribution >= 0.6 is 0 Å². The largest absolute Gasteiger partial charge is 0.399 e. The maximum atomic E-state index is 13.5. The van der Waals surface area contributed by atoms with Gasteiger partial charge in [-0.1, -0.05) is 0 Å². The molecule has 1 unspecified atom stereocenters. The van der Waals surface area contributed by atoms with Gasteiger partial charge in [-0.3, -0.25) is 8.89 Å². The van der Waals surface area contributed by atoms with E-state index in [2.05, 4.69) is 5.10 Å². The van der Waals surface area contributed by atoms with Crippen LogP contribution in [-0.2, 0) is 23.6 Å². The van der Waals surface area contributed by atoms with E-state index in [1.807, 2.05) is 0 Å². The predicted molar refractivity (Wildman–Crippen MR) is 64.1 cm³/mol. The van der Waals surface area contributed by atoms with E-state index in [9.17, 15) is 13.0 Å². The molecule has 2 aromatic rings. The van der Waals surface area contributed by atoms with E-state index >= 15 is 0 Å². The second-order valence-corrected chi connectivity index (χ2v) is 5.17. The highest BCUT2D eigenvalue weighted by atomic mass is 32.2. The maximum Gasteiger partial charge on any atom is 0.144 e. The number of rotatable bonds is 3. The minimum atomic E-state index is -1.83. The summed E-state index contributed by atoms with van der Waals surface area (Å²) in [6.45, 7) is 0. The molecule has 2 N–H and O–H groups in total. The molecule has 0 aliphatic heterocycles. The Morgan fingerprint density at radius 1 is 1.39 bits per heavy atom. The molecule has 2 rings (SSSR count). The number of halogens is 2. The lowest BCUT2D eigenvalue weighted by Crippen LogP contribution is -2.05. The highest BCUT2D eigenvalue weighted by molar-refractivity contribution is 7.84. The van der Waals surface area contributed by atoms with Crippen molar-refractivity contribution in [3.63, 3.8) is 0 Å². The molecule has 0 saturated heterocycles. The summed E-state index contributed by atoms with van der Waals surface area (Å²) in [6.07, 6.45) is 1.67. The summed E-state index contributed by atoms with van der Waals surface area (Å²) in [7, 11) is -0.129. The van der Waals surface area contributed by atoms with E-state index in [0.29, 0.717) is 5.69 Å². The molecule has 1 aromatic carbocycles. The van der Waals surface area contributed by atoms with E-state index in [1.54, 1.807) is 19.3 Å². The highest BCUT2D eigenvalue weighted by Crippen LogP contribution is 2.22. The normalized spacial score (nSPS) is 12.6. The van der Waals surface area contributed by atoms with Crippen LogP contribution in [0.1, 0.15) is 5.69 Å². The average Bonchev–Trinajstić information content (AvgIpc) is 2.62. The molecule has 0 radical (unpaired) electrons. The molecule has 0 spiro atoms. The molecule has 96 valence electrons. The first-order valence-electron chi connectivity index (χ1n) is 5.09. The standard InChI is InChI=1S/C11H11F2N3OS/c1-16-3-2-8(15-16)6-18(17)11-9(12)4-7(14)5-10(11)13/h2-5H,6,14H2,1H3. The summed E-state index contributed by atoms with van der Waals surface area (Å²) in [4.78, 5) is -0.463. The average molecular weight is 271 g/mol. The van der Waals surface area contributed by atoms with Crippen LogP contribution in [0, 0.1) is 11.6 Å². The first-order valence-corrected chi connectivity index (χ1v) is 6.40. The van der Waals surface area contributed by atoms with E-state index in [1.165, 1.54) is 4.68 Å². The van der Waals surface area contributed by atoms with Crippen LogP contribution < -0.4 is 5.73 Å². The fourth-order valence-corrected chi connectivity index (χ4v) is 2.66. The van der Waals surface area contributed by atoms with Crippen molar-refractivity contribution in [1.29, 1.82) is 0 Å². The summed E-state index contributed by atoms with van der Waals surface area (Å²) in [6, 6.07) is 3.55. The zero-order valence-corrected chi connectivity index (χ0v) is 10.4. The molecule has 0 aliphatic rings. The van der Waals surface area contributed by atoms with Gasteiger partial charge in [0.2, 0.25) is 0 Å². The van der Waals surface area contributed by atoms with E-state index in [-0.39, 0.29) is 11.4 Å². The molecule has 18 heavy (non-hydrogen) atoms. The smallest absolute Gasteiger partial charge is 0.144 e. The number of hydrogen-bond donors (Lipinski definition) is 1. The van der Waals surface area contributed by atoms with E-state index in [0.717, 1.165) is 12.1 Å². The van der Waals surface area contributed by atoms with Gasteiger partial charge in [-0.25, -0.2) is 8.78 Å². The minimum absolute atomic E-state index is 0.0383. The molecular formula is C11H11F2N3OS. The third-order valence-corrected chi connectivity index (χ3v) is 3.70. The number of nitrogens with zero attached hydrogens (tertiary/aromatic N) is 2. The lowest BCUT2D eigenvalue weighted by atomic mass is 10.3. The van der Waals surface area contributed by atoms with Crippen molar-refractivity contribution in [3.8, 4) is 0 Å². The number of nitrogens with two attached hydrogens (primary N) is 1. The van der Waals surface area contributed by atoms with Crippen LogP contribution in [0.5, 0.6) is 0 Å². The number of aryl methyl sites for hydroxylation is 1. The zero-order chi connectivity index (χ0) is 13.3. The monoisotopic (exact) mass is 271 g/mol. The lowest BCUT2D eigenvalue weighted by Gasteiger charge is -2.05. The lowest BCUT2D eigenvalue weighted by molar-refractivity contribution is 0.535. The molecule has 0 saturated carbocycles. The Morgan fingerprint density at radius 2 is 2.00 bits per heavy atom. The van der Waals surface area contributed by atoms with Crippen molar-refractivity contribution in [1.82, 2.24) is 9.78 Å². The van der Waals surface area contributed by atoms with Crippen LogP contribution in [0.25, 0.3) is 0 Å². The van der Waals surface area contributed by atoms with Crippen molar-refractivity contribution in [2.45, 2.75) is 10.6 Å². The summed E-state index contributed by atoms with van der Waals surface area (Å²) in [5.41, 5.74) is 5.76. The Balaban J connectivity index is 2.29. The van der Waals surface area contributed by atoms with Crippen LogP contribution in [0.4, 0.5) is 14.5 Å². The molecular weight excluding hydrogens is 260 g/mol. The quantitative estimate of drug-likeness (QED) is 0.862. The van der Waals surface area contributed by atoms with Crippen molar-refractivity contribution in [2.75, 3.05) is 5.73 Å². The molecule has 1 heterocycles. The molecule has 0 fully saturated rings. The summed E-state index contributed by atoms with van der Waals surface area (Å²) in [5.74, 6) is -1.85. The zero-order valence-electron chi connectivity index (χ0n) is 9.56. The second kappa shape index (κ2) is 4.85. The third kappa shape index (κ3) is 2.56. The SMILES string of the molecule is Cn1ccc(CS(=O)c2c(F)cc(N)cc2F)n1. The Kier molecular flexibility index (Phi) is 3.42. The van der Waals surface area contributed by atoms with Gasteiger partial charge in [0.1, 0.15) is 16.5 Å². The minimum Gasteiger partial charge on any atom is -0.399 e. The van der Waals surface area contributed by atoms with Crippen molar-refractivity contribution < 1.29 is 13.0 Å². The molecule has 7 heteroatoms. The first-order chi connectivity index (χ1) is 8.47. The van der Waals surface area contributed by atoms with Gasteiger partial charge in [0.15, 0.2) is 0 Å². The van der Waals surface area contributed by atoms with Gasteiger partial charge < -0.3 is 5.73 Å². The highest BCUT2D eigenvalue weighted by Gasteiger charge is 2.18. The molecule has 4 nitrogen and oxygen atoms in total. The van der Waals surface area contributed by atoms with Gasteiger partial charge in [-0.05, 0) is 18.2 Å². The van der Waals surface area contributed by atoms with E-state index < -0.39 is 27.3 Å². The fourth-order valence-electron chi connectivity index (χ4n) is 1.54. The topological polar surface area (TPSA) is 60.9 Å². The molecule has 0 amide bonds. The van der Waals surface area contributed by atoms with Gasteiger partial charge in [-0.15, -0.1) is 0 Å². The van der Waals surface area contributed by atoms with Crippen LogP contribution in [-0.4, -0.2) is 14.0 Å². The Bertz CT molecular complexity index is 589. The van der Waals surface area contributed by atoms with Crippen LogP contribution in [0.3, 0.4) is 0 Å². The second-order valence-electron chi connectivity index (χ2n) is 3.78. The number of hydrogen-bond acceptors (Lipinski definition) is 3. The van der Waals surface area contributed by atoms with Crippen molar-refractivity contribution in [2.24, 2.45) is 7.05 Å². The first kappa shape index (κ1) is 12.7. The van der Waals surface area contributed by atoms with Gasteiger partial charge in [0, 0.05) is 18.9 Å². The van der Waals surface area contributed by atoms with Crippen molar-refractivity contribution >= 4 is 16.5 Å². The van der Waals surface area contributed by atoms with Gasteiger partial charge in [0.05, 0.1) is 22.2 Å². The predicted octanol–water partition coefficient (Wildman–Crippen LogP) is 1.59. The Morgan fingerprint density at radius 3 is 2.50 bits per heavy atom. The molecule has 1 aromatic heterocycles.